The van der Waals surface area contributed by atoms with E-state index in [1.165, 1.54) is 22.9 Å². The van der Waals surface area contributed by atoms with Gasteiger partial charge in [-0.05, 0) is 19.9 Å². The monoisotopic (exact) mass is 255 g/mol. The number of rotatable bonds is 2. The second kappa shape index (κ2) is 4.44. The number of aliphatic carboxylic acids is 1. The zero-order chi connectivity index (χ0) is 12.6. The molecule has 0 saturated carbocycles. The summed E-state index contributed by atoms with van der Waals surface area (Å²) in [7, 11) is 0. The molecule has 1 aromatic rings. The van der Waals surface area contributed by atoms with E-state index in [4.69, 9.17) is 9.52 Å². The lowest BCUT2D eigenvalue weighted by Gasteiger charge is -2.24. The number of hydrogen-bond acceptors (Lipinski definition) is 4. The lowest BCUT2D eigenvalue weighted by atomic mass is 10.2. The van der Waals surface area contributed by atoms with Crippen molar-refractivity contribution in [3.63, 3.8) is 0 Å². The first-order chi connectivity index (χ1) is 8.02. The van der Waals surface area contributed by atoms with E-state index in [2.05, 4.69) is 0 Å². The number of carboxylic acids is 1. The van der Waals surface area contributed by atoms with Gasteiger partial charge in [0, 0.05) is 11.3 Å². The van der Waals surface area contributed by atoms with Crippen LogP contribution in [0.1, 0.15) is 23.0 Å². The summed E-state index contributed by atoms with van der Waals surface area (Å²) < 4.78 is 5.12. The molecule has 0 radical (unpaired) electrons. The Hall–Kier alpha value is -1.43. The molecular weight excluding hydrogens is 242 g/mol. The van der Waals surface area contributed by atoms with Crippen LogP contribution in [0.4, 0.5) is 0 Å². The smallest absolute Gasteiger partial charge is 0.327 e. The average molecular weight is 255 g/mol. The fraction of sp³-hybridized carbons (Fsp3) is 0.455. The highest BCUT2D eigenvalue weighted by atomic mass is 32.2. The fourth-order valence-corrected chi connectivity index (χ4v) is 3.02. The molecule has 2 heterocycles. The van der Waals surface area contributed by atoms with E-state index in [0.29, 0.717) is 5.75 Å². The number of carbonyl (C=O) groups excluding carboxylic acids is 1. The molecule has 0 aliphatic carbocycles. The molecule has 5 nitrogen and oxygen atoms in total. The second-order valence-corrected chi connectivity index (χ2v) is 5.28. The number of amides is 1. The van der Waals surface area contributed by atoms with Crippen LogP contribution in [0.25, 0.3) is 0 Å². The Kier molecular flexibility index (Phi) is 3.15. The van der Waals surface area contributed by atoms with E-state index >= 15 is 0 Å². The van der Waals surface area contributed by atoms with Crippen molar-refractivity contribution in [2.45, 2.75) is 25.3 Å². The van der Waals surface area contributed by atoms with Crippen molar-refractivity contribution in [2.75, 3.05) is 5.75 Å². The topological polar surface area (TPSA) is 70.8 Å². The summed E-state index contributed by atoms with van der Waals surface area (Å²) in [6.07, 6.45) is 1.44. The first-order valence-corrected chi connectivity index (χ1v) is 6.28. The van der Waals surface area contributed by atoms with Crippen LogP contribution in [-0.4, -0.2) is 39.1 Å². The molecule has 1 saturated heterocycles. The highest BCUT2D eigenvalue weighted by Crippen LogP contribution is 2.30. The van der Waals surface area contributed by atoms with Crippen molar-refractivity contribution in [3.8, 4) is 0 Å². The molecule has 1 aromatic heterocycles. The molecule has 0 spiro atoms. The minimum Gasteiger partial charge on any atom is -0.480 e. The van der Waals surface area contributed by atoms with Crippen molar-refractivity contribution in [3.05, 3.63) is 23.7 Å². The summed E-state index contributed by atoms with van der Waals surface area (Å²) in [6.45, 7) is 3.59. The maximum absolute atomic E-state index is 12.2. The van der Waals surface area contributed by atoms with E-state index in [-0.39, 0.29) is 17.0 Å². The first-order valence-electron chi connectivity index (χ1n) is 5.23. The average Bonchev–Trinajstić information content (AvgIpc) is 2.83. The van der Waals surface area contributed by atoms with Gasteiger partial charge in [-0.15, -0.1) is 11.8 Å². The molecule has 6 heteroatoms. The standard InChI is InChI=1S/C11H13NO4S/c1-6-3-4-16-9(6)10(13)12-7(2)17-5-8(12)11(14)15/h3-4,7-8H,5H2,1-2H3,(H,14,15). The number of hydrogen-bond donors (Lipinski definition) is 1. The lowest BCUT2D eigenvalue weighted by molar-refractivity contribution is -0.141. The van der Waals surface area contributed by atoms with Crippen molar-refractivity contribution in [1.82, 2.24) is 4.90 Å². The van der Waals surface area contributed by atoms with Crippen LogP contribution in [0.5, 0.6) is 0 Å². The number of nitrogens with zero attached hydrogens (tertiary/aromatic N) is 1. The molecular formula is C11H13NO4S. The van der Waals surface area contributed by atoms with Gasteiger partial charge >= 0.3 is 5.97 Å². The molecule has 2 rings (SSSR count). The number of furan rings is 1. The van der Waals surface area contributed by atoms with Gasteiger partial charge in [0.2, 0.25) is 0 Å². The van der Waals surface area contributed by atoms with Crippen molar-refractivity contribution >= 4 is 23.6 Å². The Morgan fingerprint density at radius 3 is 2.82 bits per heavy atom. The molecule has 17 heavy (non-hydrogen) atoms. The van der Waals surface area contributed by atoms with Gasteiger partial charge in [0.05, 0.1) is 11.6 Å². The zero-order valence-corrected chi connectivity index (χ0v) is 10.4. The molecule has 1 amide bonds. The highest BCUT2D eigenvalue weighted by molar-refractivity contribution is 8.00. The minimum absolute atomic E-state index is 0.145. The summed E-state index contributed by atoms with van der Waals surface area (Å²) in [6, 6.07) is 0.920. The predicted molar refractivity (Wildman–Crippen MR) is 63.0 cm³/mol. The molecule has 1 fully saturated rings. The number of aryl methyl sites for hydroxylation is 1. The lowest BCUT2D eigenvalue weighted by Crippen LogP contribution is -2.44. The van der Waals surface area contributed by atoms with Gasteiger partial charge in [-0.1, -0.05) is 0 Å². The molecule has 0 bridgehead atoms. The third kappa shape index (κ3) is 2.04. The van der Waals surface area contributed by atoms with Crippen LogP contribution < -0.4 is 0 Å². The SMILES string of the molecule is Cc1ccoc1C(=O)N1C(C)SCC1C(=O)O. The molecule has 0 aromatic carbocycles. The molecule has 92 valence electrons. The Balaban J connectivity index is 2.29. The summed E-state index contributed by atoms with van der Waals surface area (Å²) >= 11 is 1.46. The largest absolute Gasteiger partial charge is 0.480 e. The van der Waals surface area contributed by atoms with Crippen LogP contribution >= 0.6 is 11.8 Å². The first kappa shape index (κ1) is 12.0. The third-order valence-corrected chi connectivity index (χ3v) is 4.02. The third-order valence-electron chi connectivity index (χ3n) is 2.80. The maximum atomic E-state index is 12.2. The van der Waals surface area contributed by atoms with Gasteiger partial charge in [-0.3, -0.25) is 4.79 Å². The summed E-state index contributed by atoms with van der Waals surface area (Å²) in [5.41, 5.74) is 0.725. The van der Waals surface area contributed by atoms with E-state index in [1.54, 1.807) is 13.0 Å². The number of thioether (sulfide) groups is 1. The molecule has 1 N–H and O–H groups in total. The van der Waals surface area contributed by atoms with Crippen LogP contribution in [0.3, 0.4) is 0 Å². The Morgan fingerprint density at radius 2 is 2.29 bits per heavy atom. The van der Waals surface area contributed by atoms with Gasteiger partial charge in [-0.2, -0.15) is 0 Å². The van der Waals surface area contributed by atoms with Crippen molar-refractivity contribution in [2.24, 2.45) is 0 Å². The van der Waals surface area contributed by atoms with Crippen LogP contribution in [0.15, 0.2) is 16.7 Å². The maximum Gasteiger partial charge on any atom is 0.327 e. The molecule has 1 aliphatic rings. The van der Waals surface area contributed by atoms with Crippen LogP contribution in [-0.2, 0) is 4.79 Å². The Bertz CT molecular complexity index is 456. The second-order valence-electron chi connectivity index (χ2n) is 3.93. The van der Waals surface area contributed by atoms with Crippen molar-refractivity contribution < 1.29 is 19.1 Å². The Morgan fingerprint density at radius 1 is 1.59 bits per heavy atom. The molecule has 2 atom stereocenters. The molecule has 2 unspecified atom stereocenters. The normalized spacial score (nSPS) is 24.0. The van der Waals surface area contributed by atoms with Crippen LogP contribution in [0.2, 0.25) is 0 Å². The van der Waals surface area contributed by atoms with E-state index in [1.807, 2.05) is 6.92 Å². The van der Waals surface area contributed by atoms with Gasteiger partial charge in [-0.25, -0.2) is 4.79 Å². The van der Waals surface area contributed by atoms with Gasteiger partial charge in [0.1, 0.15) is 6.04 Å². The summed E-state index contributed by atoms with van der Waals surface area (Å²) in [5, 5.41) is 8.93. The zero-order valence-electron chi connectivity index (χ0n) is 9.54. The van der Waals surface area contributed by atoms with E-state index < -0.39 is 12.0 Å². The quantitative estimate of drug-likeness (QED) is 0.868. The number of carbonyl (C=O) groups is 2. The van der Waals surface area contributed by atoms with Gasteiger partial charge < -0.3 is 14.4 Å². The van der Waals surface area contributed by atoms with Crippen LogP contribution in [0, 0.1) is 6.92 Å². The predicted octanol–water partition coefficient (Wildman–Crippen LogP) is 1.58. The van der Waals surface area contributed by atoms with E-state index in [0.717, 1.165) is 5.56 Å². The van der Waals surface area contributed by atoms with Gasteiger partial charge in [0.25, 0.3) is 5.91 Å². The van der Waals surface area contributed by atoms with Crippen molar-refractivity contribution in [1.29, 1.82) is 0 Å². The molecule has 1 aliphatic heterocycles. The van der Waals surface area contributed by atoms with E-state index in [9.17, 15) is 9.59 Å². The fourth-order valence-electron chi connectivity index (χ4n) is 1.85. The minimum atomic E-state index is -0.973. The summed E-state index contributed by atoms with van der Waals surface area (Å²) in [4.78, 5) is 24.7. The highest BCUT2D eigenvalue weighted by Gasteiger charge is 2.41. The van der Waals surface area contributed by atoms with Gasteiger partial charge in [0.15, 0.2) is 5.76 Å². The number of carboxylic acid groups (broad SMARTS) is 1. The Labute approximate surface area is 103 Å². The summed E-state index contributed by atoms with van der Waals surface area (Å²) in [5.74, 6) is -0.676.